The summed E-state index contributed by atoms with van der Waals surface area (Å²) in [5.41, 5.74) is 2.55. The van der Waals surface area contributed by atoms with Gasteiger partial charge in [0.1, 0.15) is 16.9 Å². The Morgan fingerprint density at radius 2 is 2.08 bits per heavy atom. The summed E-state index contributed by atoms with van der Waals surface area (Å²) in [4.78, 5) is 33.6. The number of imide groups is 1. The van der Waals surface area contributed by atoms with Crippen molar-refractivity contribution in [2.24, 2.45) is 0 Å². The number of hydrogen-bond acceptors (Lipinski definition) is 7. The number of fused-ring (bicyclic) bond motifs is 1. The van der Waals surface area contributed by atoms with Crippen LogP contribution in [0.15, 0.2) is 58.8 Å². The van der Waals surface area contributed by atoms with Crippen molar-refractivity contribution in [3.05, 3.63) is 54.4 Å². The fourth-order valence-corrected chi connectivity index (χ4v) is 2.67. The van der Waals surface area contributed by atoms with Gasteiger partial charge in [-0.2, -0.15) is 0 Å². The van der Waals surface area contributed by atoms with Crippen molar-refractivity contribution < 1.29 is 19.1 Å². The summed E-state index contributed by atoms with van der Waals surface area (Å²) in [7, 11) is 0. The van der Waals surface area contributed by atoms with Crippen LogP contribution in [-0.2, 0) is 9.59 Å². The van der Waals surface area contributed by atoms with E-state index in [1.807, 2.05) is 12.1 Å². The number of aliphatic hydroxyl groups excluding tert-OH is 1. The van der Waals surface area contributed by atoms with Gasteiger partial charge in [-0.3, -0.25) is 19.5 Å². The molecule has 8 nitrogen and oxygen atoms in total. The number of benzene rings is 1. The molecule has 26 heavy (non-hydrogen) atoms. The van der Waals surface area contributed by atoms with Crippen molar-refractivity contribution in [2.45, 2.75) is 0 Å². The highest BCUT2D eigenvalue weighted by molar-refractivity contribution is 6.17. The number of aromatic nitrogens is 2. The van der Waals surface area contributed by atoms with E-state index in [1.54, 1.807) is 30.5 Å². The first-order valence-electron chi connectivity index (χ1n) is 7.93. The van der Waals surface area contributed by atoms with Crippen LogP contribution in [0.5, 0.6) is 0 Å². The van der Waals surface area contributed by atoms with Crippen molar-refractivity contribution >= 4 is 28.6 Å². The van der Waals surface area contributed by atoms with Crippen molar-refractivity contribution in [1.82, 2.24) is 14.9 Å². The molecule has 2 N–H and O–H groups in total. The minimum Gasteiger partial charge on any atom is -0.435 e. The summed E-state index contributed by atoms with van der Waals surface area (Å²) in [6.07, 6.45) is 2.87. The molecular weight excluding hydrogens is 336 g/mol. The second-order valence-corrected chi connectivity index (χ2v) is 5.62. The maximum atomic E-state index is 12.2. The SMILES string of the molecule is O=C1C=C(Nc2ccc3oc(-c4ccccn4)nc3c2)C(=O)N1CCO. The van der Waals surface area contributed by atoms with Gasteiger partial charge in [-0.1, -0.05) is 6.07 Å². The van der Waals surface area contributed by atoms with Crippen LogP contribution in [-0.4, -0.2) is 44.9 Å². The lowest BCUT2D eigenvalue weighted by Crippen LogP contribution is -2.34. The predicted octanol–water partition coefficient (Wildman–Crippen LogP) is 1.55. The van der Waals surface area contributed by atoms with E-state index in [9.17, 15) is 9.59 Å². The molecule has 0 unspecified atom stereocenters. The fraction of sp³-hybridized carbons (Fsp3) is 0.111. The van der Waals surface area contributed by atoms with Gasteiger partial charge in [-0.05, 0) is 30.3 Å². The highest BCUT2D eigenvalue weighted by Gasteiger charge is 2.30. The van der Waals surface area contributed by atoms with Gasteiger partial charge in [0.2, 0.25) is 5.89 Å². The lowest BCUT2D eigenvalue weighted by Gasteiger charge is -2.13. The Morgan fingerprint density at radius 1 is 1.19 bits per heavy atom. The molecule has 1 aliphatic rings. The molecule has 2 aromatic heterocycles. The van der Waals surface area contributed by atoms with Crippen LogP contribution >= 0.6 is 0 Å². The third kappa shape index (κ3) is 2.82. The van der Waals surface area contributed by atoms with E-state index in [2.05, 4.69) is 15.3 Å². The summed E-state index contributed by atoms with van der Waals surface area (Å²) in [5.74, 6) is -0.525. The summed E-state index contributed by atoms with van der Waals surface area (Å²) < 4.78 is 5.69. The van der Waals surface area contributed by atoms with Gasteiger partial charge in [0, 0.05) is 18.0 Å². The van der Waals surface area contributed by atoms with Crippen LogP contribution in [0.4, 0.5) is 5.69 Å². The van der Waals surface area contributed by atoms with Crippen molar-refractivity contribution in [1.29, 1.82) is 0 Å². The number of amides is 2. The first-order chi connectivity index (χ1) is 12.7. The monoisotopic (exact) mass is 350 g/mol. The highest BCUT2D eigenvalue weighted by Crippen LogP contribution is 2.26. The Hall–Kier alpha value is -3.52. The first kappa shape index (κ1) is 16.0. The van der Waals surface area contributed by atoms with E-state index in [4.69, 9.17) is 9.52 Å². The number of nitrogens with one attached hydrogen (secondary N) is 1. The minimum atomic E-state index is -0.474. The second-order valence-electron chi connectivity index (χ2n) is 5.62. The van der Waals surface area contributed by atoms with Gasteiger partial charge in [0.05, 0.1) is 13.2 Å². The van der Waals surface area contributed by atoms with E-state index in [0.717, 1.165) is 4.90 Å². The topological polar surface area (TPSA) is 109 Å². The summed E-state index contributed by atoms with van der Waals surface area (Å²) in [6, 6.07) is 10.6. The molecule has 1 aromatic carbocycles. The van der Waals surface area contributed by atoms with Gasteiger partial charge >= 0.3 is 0 Å². The quantitative estimate of drug-likeness (QED) is 0.672. The highest BCUT2D eigenvalue weighted by atomic mass is 16.3. The molecular formula is C18H14N4O4. The van der Waals surface area contributed by atoms with Crippen LogP contribution < -0.4 is 5.32 Å². The normalized spacial score (nSPS) is 14.2. The Morgan fingerprint density at radius 3 is 2.85 bits per heavy atom. The fourth-order valence-electron chi connectivity index (χ4n) is 2.67. The molecule has 1 aliphatic heterocycles. The Kier molecular flexibility index (Phi) is 3.94. The van der Waals surface area contributed by atoms with Gasteiger partial charge in [0.15, 0.2) is 5.58 Å². The second kappa shape index (κ2) is 6.41. The maximum absolute atomic E-state index is 12.2. The standard InChI is InChI=1S/C18H14N4O4/c23-8-7-22-16(24)10-14(18(22)25)20-11-4-5-15-13(9-11)21-17(26-15)12-3-1-2-6-19-12/h1-6,9-10,20,23H,7-8H2. The molecule has 0 bridgehead atoms. The molecule has 0 saturated carbocycles. The van der Waals surface area contributed by atoms with E-state index in [-0.39, 0.29) is 18.8 Å². The van der Waals surface area contributed by atoms with Crippen molar-refractivity contribution in [2.75, 3.05) is 18.5 Å². The zero-order chi connectivity index (χ0) is 18.1. The summed E-state index contributed by atoms with van der Waals surface area (Å²) in [5, 5.41) is 11.9. The molecule has 0 atom stereocenters. The number of carbonyl (C=O) groups excluding carboxylic acids is 2. The molecule has 0 fully saturated rings. The van der Waals surface area contributed by atoms with Gasteiger partial charge in [-0.25, -0.2) is 4.98 Å². The summed E-state index contributed by atoms with van der Waals surface area (Å²) in [6.45, 7) is -0.311. The molecule has 0 radical (unpaired) electrons. The van der Waals surface area contributed by atoms with Crippen LogP contribution in [0.2, 0.25) is 0 Å². The lowest BCUT2D eigenvalue weighted by atomic mass is 10.2. The smallest absolute Gasteiger partial charge is 0.277 e. The first-order valence-corrected chi connectivity index (χ1v) is 7.93. The number of nitrogens with zero attached hydrogens (tertiary/aromatic N) is 3. The van der Waals surface area contributed by atoms with E-state index < -0.39 is 11.8 Å². The van der Waals surface area contributed by atoms with Crippen LogP contribution in [0, 0.1) is 0 Å². The molecule has 2 amide bonds. The van der Waals surface area contributed by atoms with Crippen molar-refractivity contribution in [3.8, 4) is 11.6 Å². The van der Waals surface area contributed by atoms with Crippen molar-refractivity contribution in [3.63, 3.8) is 0 Å². The number of carbonyl (C=O) groups is 2. The van der Waals surface area contributed by atoms with E-state index in [1.165, 1.54) is 6.08 Å². The van der Waals surface area contributed by atoms with Crippen LogP contribution in [0.1, 0.15) is 0 Å². The number of aliphatic hydroxyl groups is 1. The lowest BCUT2D eigenvalue weighted by molar-refractivity contribution is -0.137. The summed E-state index contributed by atoms with van der Waals surface area (Å²) >= 11 is 0. The Labute approximate surface area is 147 Å². The molecule has 4 rings (SSSR count). The number of pyridine rings is 1. The molecule has 0 spiro atoms. The molecule has 130 valence electrons. The maximum Gasteiger partial charge on any atom is 0.277 e. The van der Waals surface area contributed by atoms with Gasteiger partial charge in [0.25, 0.3) is 11.8 Å². The average molecular weight is 350 g/mol. The molecule has 3 aromatic rings. The Bertz CT molecular complexity index is 1030. The van der Waals surface area contributed by atoms with E-state index in [0.29, 0.717) is 28.4 Å². The zero-order valence-corrected chi connectivity index (χ0v) is 13.5. The third-order valence-corrected chi connectivity index (χ3v) is 3.88. The molecule has 8 heteroatoms. The van der Waals surface area contributed by atoms with Gasteiger partial charge in [-0.15, -0.1) is 0 Å². The molecule has 0 saturated heterocycles. The van der Waals surface area contributed by atoms with Crippen LogP contribution in [0.25, 0.3) is 22.7 Å². The number of hydrogen-bond donors (Lipinski definition) is 2. The Balaban J connectivity index is 1.59. The average Bonchev–Trinajstić information content (AvgIpc) is 3.19. The largest absolute Gasteiger partial charge is 0.435 e. The van der Waals surface area contributed by atoms with E-state index >= 15 is 0 Å². The van der Waals surface area contributed by atoms with Crippen LogP contribution in [0.3, 0.4) is 0 Å². The number of anilines is 1. The third-order valence-electron chi connectivity index (χ3n) is 3.88. The molecule has 3 heterocycles. The number of oxazole rings is 1. The minimum absolute atomic E-state index is 0.0326. The number of β-amino-alcohol motifs (C(OH)–C–C–N with tert-alkyl or cyclic N) is 1. The van der Waals surface area contributed by atoms with Gasteiger partial charge < -0.3 is 14.8 Å². The predicted molar refractivity (Wildman–Crippen MR) is 92.8 cm³/mol. The zero-order valence-electron chi connectivity index (χ0n) is 13.5. The molecule has 0 aliphatic carbocycles. The number of rotatable bonds is 5.